The van der Waals surface area contributed by atoms with Crippen molar-refractivity contribution in [1.29, 1.82) is 0 Å². The van der Waals surface area contributed by atoms with Gasteiger partial charge in [-0.05, 0) is 139 Å². The lowest BCUT2D eigenvalue weighted by molar-refractivity contribution is 0.662. The first-order chi connectivity index (χ1) is 36.7. The summed E-state index contributed by atoms with van der Waals surface area (Å²) in [6.07, 6.45) is 0. The molecule has 348 valence electrons. The number of para-hydroxylation sites is 2. The highest BCUT2D eigenvalue weighted by Gasteiger charge is 2.61. The quantitative estimate of drug-likeness (QED) is 0.150. The van der Waals surface area contributed by atoms with Gasteiger partial charge in [0.1, 0.15) is 10.0 Å². The normalized spacial score (nSPS) is 13.6. The summed E-state index contributed by atoms with van der Waals surface area (Å²) in [7, 11) is 0. The summed E-state index contributed by atoms with van der Waals surface area (Å²) < 4.78 is 0. The molecular weight excluding hydrogens is 933 g/mol. The molecule has 0 saturated carbocycles. The van der Waals surface area contributed by atoms with E-state index in [0.29, 0.717) is 0 Å². The molecule has 15 rings (SSSR count). The smallest absolute Gasteiger partial charge is 0.101 e. The summed E-state index contributed by atoms with van der Waals surface area (Å²) >= 11 is 3.92. The van der Waals surface area contributed by atoms with Gasteiger partial charge in [0.2, 0.25) is 0 Å². The first-order valence-electron chi connectivity index (χ1n) is 25.4. The Morgan fingerprint density at radius 3 is 0.811 bits per heavy atom. The Labute approximate surface area is 440 Å². The van der Waals surface area contributed by atoms with Crippen molar-refractivity contribution in [2.24, 2.45) is 0 Å². The standard InChI is InChI=1S/C70H46N2S2/c1-5-21-47(22-6-1)49-37-41-53(42-38-49)71(51-25-9-3-10-26-51)65-45-63-67(73-65)70(61-35-19-15-31-57(61)58-32-16-20-36-62(58)70)64-46-66(74-68(64)69(63)59-33-17-13-29-55(59)56-30-14-18-34-60(56)69)72(52-27-11-4-12-28-52)54-43-39-50(40-44-54)48-23-7-2-8-24-48/h1-46H. The van der Waals surface area contributed by atoms with Gasteiger partial charge in [-0.1, -0.05) is 218 Å². The van der Waals surface area contributed by atoms with Gasteiger partial charge in [-0.3, -0.25) is 0 Å². The maximum atomic E-state index is 2.59. The summed E-state index contributed by atoms with van der Waals surface area (Å²) in [5, 5.41) is 2.35. The number of nitrogens with zero attached hydrogens (tertiary/aromatic N) is 2. The Morgan fingerprint density at radius 2 is 0.486 bits per heavy atom. The van der Waals surface area contributed by atoms with Gasteiger partial charge in [0.15, 0.2) is 0 Å². The van der Waals surface area contributed by atoms with Crippen molar-refractivity contribution in [1.82, 2.24) is 0 Å². The van der Waals surface area contributed by atoms with E-state index in [1.807, 2.05) is 22.7 Å². The van der Waals surface area contributed by atoms with Crippen molar-refractivity contribution in [3.8, 4) is 44.5 Å². The van der Waals surface area contributed by atoms with Crippen LogP contribution in [0.1, 0.15) is 43.1 Å². The van der Waals surface area contributed by atoms with Gasteiger partial charge in [-0.25, -0.2) is 0 Å². The summed E-state index contributed by atoms with van der Waals surface area (Å²) in [6, 6.07) is 104. The van der Waals surface area contributed by atoms with E-state index in [1.165, 1.54) is 97.6 Å². The highest BCUT2D eigenvalue weighted by Crippen LogP contribution is 2.71. The van der Waals surface area contributed by atoms with Crippen LogP contribution >= 0.6 is 22.7 Å². The van der Waals surface area contributed by atoms with Gasteiger partial charge in [-0.2, -0.15) is 0 Å². The molecule has 0 fully saturated rings. The average molecular weight is 979 g/mol. The number of rotatable bonds is 8. The lowest BCUT2D eigenvalue weighted by atomic mass is 9.58. The summed E-state index contributed by atoms with van der Waals surface area (Å²) in [6.45, 7) is 0. The van der Waals surface area contributed by atoms with Crippen LogP contribution in [0.25, 0.3) is 44.5 Å². The van der Waals surface area contributed by atoms with Crippen molar-refractivity contribution >= 4 is 55.4 Å². The van der Waals surface area contributed by atoms with Crippen LogP contribution in [0.5, 0.6) is 0 Å². The molecule has 0 N–H and O–H groups in total. The number of fused-ring (bicyclic) bond motifs is 16. The van der Waals surface area contributed by atoms with Crippen LogP contribution in [-0.2, 0) is 10.8 Å². The fourth-order valence-electron chi connectivity index (χ4n) is 12.7. The molecule has 0 amide bonds. The van der Waals surface area contributed by atoms with Crippen molar-refractivity contribution in [3.05, 3.63) is 322 Å². The van der Waals surface area contributed by atoms with Gasteiger partial charge in [0.25, 0.3) is 0 Å². The maximum absolute atomic E-state index is 2.59. The summed E-state index contributed by atoms with van der Waals surface area (Å²) in [4.78, 5) is 7.70. The Balaban J connectivity index is 1.05. The zero-order valence-corrected chi connectivity index (χ0v) is 41.9. The number of benzene rings is 10. The molecule has 2 aromatic heterocycles. The third kappa shape index (κ3) is 6.16. The third-order valence-electron chi connectivity index (χ3n) is 15.8. The molecule has 10 aromatic carbocycles. The van der Waals surface area contributed by atoms with Gasteiger partial charge in [-0.15, -0.1) is 22.7 Å². The summed E-state index contributed by atoms with van der Waals surface area (Å²) in [5.74, 6) is 0. The molecule has 0 saturated heterocycles. The molecule has 4 heteroatoms. The second-order valence-electron chi connectivity index (χ2n) is 19.5. The predicted molar refractivity (Wildman–Crippen MR) is 311 cm³/mol. The zero-order chi connectivity index (χ0) is 48.8. The maximum Gasteiger partial charge on any atom is 0.101 e. The largest absolute Gasteiger partial charge is 0.302 e. The first-order valence-corrected chi connectivity index (χ1v) is 27.0. The van der Waals surface area contributed by atoms with E-state index in [0.717, 1.165) is 22.7 Å². The molecule has 74 heavy (non-hydrogen) atoms. The van der Waals surface area contributed by atoms with Crippen LogP contribution in [0, 0.1) is 0 Å². The first kappa shape index (κ1) is 42.8. The van der Waals surface area contributed by atoms with Crippen LogP contribution < -0.4 is 9.80 Å². The van der Waals surface area contributed by atoms with E-state index in [9.17, 15) is 0 Å². The van der Waals surface area contributed by atoms with Crippen LogP contribution in [-0.4, -0.2) is 0 Å². The third-order valence-corrected chi connectivity index (χ3v) is 18.2. The van der Waals surface area contributed by atoms with Gasteiger partial charge in [0, 0.05) is 32.5 Å². The topological polar surface area (TPSA) is 6.48 Å². The second kappa shape index (κ2) is 16.9. The highest BCUT2D eigenvalue weighted by atomic mass is 32.1. The van der Waals surface area contributed by atoms with Crippen LogP contribution in [0.3, 0.4) is 0 Å². The Bertz CT molecular complexity index is 3660. The highest BCUT2D eigenvalue weighted by molar-refractivity contribution is 7.18. The lowest BCUT2D eigenvalue weighted by Gasteiger charge is -2.45. The van der Waals surface area contributed by atoms with E-state index >= 15 is 0 Å². The van der Waals surface area contributed by atoms with E-state index < -0.39 is 10.8 Å². The molecule has 0 radical (unpaired) electrons. The Morgan fingerprint density at radius 1 is 0.230 bits per heavy atom. The van der Waals surface area contributed by atoms with Gasteiger partial charge >= 0.3 is 0 Å². The van der Waals surface area contributed by atoms with Crippen molar-refractivity contribution in [2.75, 3.05) is 9.80 Å². The van der Waals surface area contributed by atoms with Crippen molar-refractivity contribution < 1.29 is 0 Å². The molecule has 0 unspecified atom stereocenters. The lowest BCUT2D eigenvalue weighted by Crippen LogP contribution is -2.41. The fraction of sp³-hybridized carbons (Fsp3) is 0.0286. The van der Waals surface area contributed by atoms with E-state index in [4.69, 9.17) is 0 Å². The molecule has 0 aliphatic heterocycles. The molecule has 2 heterocycles. The summed E-state index contributed by atoms with van der Waals surface area (Å²) in [5.41, 5.74) is 21.1. The molecule has 3 aliphatic carbocycles. The SMILES string of the molecule is c1ccc(-c2ccc(N(c3ccccc3)c3cc4c(s3)C3(c5ccccc5-c5ccccc53)c3cc(N(c5ccccc5)c5ccc(-c6ccccc6)cc5)sc3C43c4ccccc4-c4ccccc43)cc2)cc1. The molecular formula is C70H46N2S2. The van der Waals surface area contributed by atoms with Crippen LogP contribution in [0.4, 0.5) is 32.8 Å². The fourth-order valence-corrected chi connectivity index (χ4v) is 15.7. The van der Waals surface area contributed by atoms with Crippen LogP contribution in [0.2, 0.25) is 0 Å². The minimum atomic E-state index is -0.647. The van der Waals surface area contributed by atoms with E-state index in [-0.39, 0.29) is 0 Å². The monoisotopic (exact) mass is 978 g/mol. The molecule has 0 atom stereocenters. The minimum Gasteiger partial charge on any atom is -0.302 e. The van der Waals surface area contributed by atoms with E-state index in [1.54, 1.807) is 0 Å². The molecule has 0 bridgehead atoms. The number of anilines is 6. The Kier molecular flexibility index (Phi) is 9.78. The van der Waals surface area contributed by atoms with Crippen molar-refractivity contribution in [3.63, 3.8) is 0 Å². The van der Waals surface area contributed by atoms with Crippen molar-refractivity contribution in [2.45, 2.75) is 10.8 Å². The van der Waals surface area contributed by atoms with Gasteiger partial charge < -0.3 is 9.80 Å². The van der Waals surface area contributed by atoms with Crippen LogP contribution in [0.15, 0.2) is 279 Å². The molecule has 12 aromatic rings. The molecule has 2 spiro atoms. The van der Waals surface area contributed by atoms with Gasteiger partial charge in [0.05, 0.1) is 10.8 Å². The van der Waals surface area contributed by atoms with E-state index in [2.05, 4.69) is 289 Å². The Hall–Kier alpha value is -8.80. The number of hydrogen-bond donors (Lipinski definition) is 0. The zero-order valence-electron chi connectivity index (χ0n) is 40.3. The minimum absolute atomic E-state index is 0.647. The molecule has 3 aliphatic rings. The predicted octanol–water partition coefficient (Wildman–Crippen LogP) is 19.1. The average Bonchev–Trinajstić information content (AvgIpc) is 4.27. The number of hydrogen-bond acceptors (Lipinski definition) is 4. The molecule has 2 nitrogen and oxygen atoms in total. The second-order valence-corrected chi connectivity index (χ2v) is 21.6. The number of thiophene rings is 2.